The van der Waals surface area contributed by atoms with E-state index in [-0.39, 0.29) is 0 Å². The third kappa shape index (κ3) is 2.26. The average Bonchev–Trinajstić information content (AvgIpc) is 2.88. The van der Waals surface area contributed by atoms with Gasteiger partial charge in [0.1, 0.15) is 0 Å². The normalized spacial score (nSPS) is 46.9. The molecule has 5 fully saturated rings. The van der Waals surface area contributed by atoms with Crippen LogP contribution < -0.4 is 5.32 Å². The molecular weight excluding hydrogens is 230 g/mol. The lowest BCUT2D eigenvalue weighted by molar-refractivity contribution is -0.0644. The molecule has 5 rings (SSSR count). The van der Waals surface area contributed by atoms with Crippen LogP contribution in [0.15, 0.2) is 0 Å². The maximum absolute atomic E-state index is 3.72. The Balaban J connectivity index is 1.48. The summed E-state index contributed by atoms with van der Waals surface area (Å²) in [5.41, 5.74) is 0.769. The third-order valence-electron chi connectivity index (χ3n) is 7.16. The van der Waals surface area contributed by atoms with Gasteiger partial charge in [-0.2, -0.15) is 0 Å². The van der Waals surface area contributed by atoms with Crippen molar-refractivity contribution in [2.75, 3.05) is 7.05 Å². The Kier molecular flexibility index (Phi) is 3.17. The van der Waals surface area contributed by atoms with Crippen LogP contribution in [0.25, 0.3) is 0 Å². The van der Waals surface area contributed by atoms with Gasteiger partial charge in [-0.25, -0.2) is 0 Å². The summed E-state index contributed by atoms with van der Waals surface area (Å²) in [4.78, 5) is 0. The van der Waals surface area contributed by atoms with Crippen molar-refractivity contribution >= 4 is 0 Å². The van der Waals surface area contributed by atoms with Crippen LogP contribution in [0.3, 0.4) is 0 Å². The van der Waals surface area contributed by atoms with Crippen LogP contribution in [-0.4, -0.2) is 13.1 Å². The van der Waals surface area contributed by atoms with Gasteiger partial charge in [-0.3, -0.25) is 0 Å². The molecule has 0 aromatic rings. The largest absolute Gasteiger partial charge is 0.317 e. The summed E-state index contributed by atoms with van der Waals surface area (Å²) in [5, 5.41) is 3.72. The van der Waals surface area contributed by atoms with E-state index in [2.05, 4.69) is 12.4 Å². The minimum Gasteiger partial charge on any atom is -0.317 e. The lowest BCUT2D eigenvalue weighted by atomic mass is 9.48. The number of hydrogen-bond donors (Lipinski definition) is 1. The fourth-order valence-electron chi connectivity index (χ4n) is 6.87. The first-order chi connectivity index (χ1) is 9.26. The topological polar surface area (TPSA) is 12.0 Å². The summed E-state index contributed by atoms with van der Waals surface area (Å²) in [6.45, 7) is 0. The van der Waals surface area contributed by atoms with Crippen molar-refractivity contribution in [3.63, 3.8) is 0 Å². The summed E-state index contributed by atoms with van der Waals surface area (Å²) in [6, 6.07) is 0.832. The van der Waals surface area contributed by atoms with Crippen molar-refractivity contribution in [1.82, 2.24) is 5.32 Å². The molecule has 0 aliphatic heterocycles. The first-order valence-electron chi connectivity index (χ1n) is 8.94. The molecule has 5 aliphatic carbocycles. The fourth-order valence-corrected chi connectivity index (χ4v) is 6.87. The average molecular weight is 261 g/mol. The Morgan fingerprint density at radius 3 is 1.95 bits per heavy atom. The van der Waals surface area contributed by atoms with Gasteiger partial charge in [0.2, 0.25) is 0 Å². The zero-order valence-electron chi connectivity index (χ0n) is 12.7. The molecule has 1 N–H and O–H groups in total. The monoisotopic (exact) mass is 261 g/mol. The van der Waals surface area contributed by atoms with E-state index in [1.54, 1.807) is 38.5 Å². The van der Waals surface area contributed by atoms with E-state index in [0.29, 0.717) is 0 Å². The van der Waals surface area contributed by atoms with E-state index in [1.165, 1.54) is 32.1 Å². The molecule has 1 atom stereocenters. The Hall–Kier alpha value is -0.0400. The molecule has 1 unspecified atom stereocenters. The highest BCUT2D eigenvalue weighted by Gasteiger charge is 2.51. The van der Waals surface area contributed by atoms with Crippen LogP contribution >= 0.6 is 0 Å². The molecular formula is C18H31N. The first kappa shape index (κ1) is 12.7. The van der Waals surface area contributed by atoms with Crippen LogP contribution in [0.5, 0.6) is 0 Å². The molecule has 108 valence electrons. The molecule has 0 radical (unpaired) electrons. The maximum atomic E-state index is 3.72. The van der Waals surface area contributed by atoms with Crippen molar-refractivity contribution < 1.29 is 0 Å². The Bertz CT molecular complexity index is 293. The van der Waals surface area contributed by atoms with Crippen LogP contribution in [0.1, 0.15) is 70.6 Å². The van der Waals surface area contributed by atoms with Crippen molar-refractivity contribution in [3.05, 3.63) is 0 Å². The van der Waals surface area contributed by atoms with Crippen molar-refractivity contribution in [3.8, 4) is 0 Å². The maximum Gasteiger partial charge on any atom is 0.00976 e. The van der Waals surface area contributed by atoms with E-state index >= 15 is 0 Å². The lowest BCUT2D eigenvalue weighted by Crippen LogP contribution is -2.49. The predicted octanol–water partition coefficient (Wildman–Crippen LogP) is 4.37. The molecule has 1 heteroatoms. The molecule has 0 spiro atoms. The summed E-state index contributed by atoms with van der Waals surface area (Å²) in [6.07, 6.45) is 17.0. The number of nitrogens with one attached hydrogen (secondary N) is 1. The highest BCUT2D eigenvalue weighted by molar-refractivity contribution is 5.03. The first-order valence-corrected chi connectivity index (χ1v) is 8.94. The Morgan fingerprint density at radius 1 is 0.947 bits per heavy atom. The zero-order valence-corrected chi connectivity index (χ0v) is 12.7. The van der Waals surface area contributed by atoms with Gasteiger partial charge >= 0.3 is 0 Å². The molecule has 0 saturated heterocycles. The molecule has 0 heterocycles. The Labute approximate surface area is 118 Å². The van der Waals surface area contributed by atoms with Gasteiger partial charge in [-0.05, 0) is 93.9 Å². The molecule has 0 aromatic carbocycles. The van der Waals surface area contributed by atoms with Gasteiger partial charge in [-0.1, -0.05) is 12.8 Å². The van der Waals surface area contributed by atoms with E-state index < -0.39 is 0 Å². The molecule has 0 amide bonds. The fraction of sp³-hybridized carbons (Fsp3) is 1.00. The van der Waals surface area contributed by atoms with E-state index in [0.717, 1.165) is 35.1 Å². The number of hydrogen-bond acceptors (Lipinski definition) is 1. The summed E-state index contributed by atoms with van der Waals surface area (Å²) < 4.78 is 0. The van der Waals surface area contributed by atoms with E-state index in [1.807, 2.05) is 0 Å². The standard InChI is InChI=1S/C18H31N/c1-19-17(16-4-2-3-5-16)12-18-9-13-6-14(10-18)8-15(7-13)11-18/h13-17,19H,2-12H2,1H3. The van der Waals surface area contributed by atoms with Gasteiger partial charge in [-0.15, -0.1) is 0 Å². The zero-order chi connectivity index (χ0) is 12.9. The highest BCUT2D eigenvalue weighted by Crippen LogP contribution is 2.62. The van der Waals surface area contributed by atoms with E-state index in [9.17, 15) is 0 Å². The molecule has 1 nitrogen and oxygen atoms in total. The molecule has 5 aliphatic rings. The summed E-state index contributed by atoms with van der Waals surface area (Å²) >= 11 is 0. The summed E-state index contributed by atoms with van der Waals surface area (Å²) in [5.74, 6) is 4.35. The van der Waals surface area contributed by atoms with Crippen LogP contribution in [0.4, 0.5) is 0 Å². The van der Waals surface area contributed by atoms with Gasteiger partial charge in [0.05, 0.1) is 0 Å². The van der Waals surface area contributed by atoms with Crippen molar-refractivity contribution in [2.24, 2.45) is 29.1 Å². The highest BCUT2D eigenvalue weighted by atomic mass is 14.9. The lowest BCUT2D eigenvalue weighted by Gasteiger charge is -2.58. The SMILES string of the molecule is CNC(CC12CC3CC(CC(C3)C1)C2)C1CCCC1. The van der Waals surface area contributed by atoms with Gasteiger partial charge in [0, 0.05) is 6.04 Å². The quantitative estimate of drug-likeness (QED) is 0.792. The van der Waals surface area contributed by atoms with Gasteiger partial charge < -0.3 is 5.32 Å². The molecule has 19 heavy (non-hydrogen) atoms. The molecule has 5 saturated carbocycles. The second-order valence-electron chi connectivity index (χ2n) is 8.56. The summed E-state index contributed by atoms with van der Waals surface area (Å²) in [7, 11) is 2.23. The van der Waals surface area contributed by atoms with Crippen molar-refractivity contribution in [2.45, 2.75) is 76.7 Å². The number of rotatable bonds is 4. The second-order valence-corrected chi connectivity index (χ2v) is 8.56. The van der Waals surface area contributed by atoms with Crippen LogP contribution in [0, 0.1) is 29.1 Å². The minimum absolute atomic E-state index is 0.769. The minimum atomic E-state index is 0.769. The predicted molar refractivity (Wildman–Crippen MR) is 80.0 cm³/mol. The molecule has 4 bridgehead atoms. The smallest absolute Gasteiger partial charge is 0.00976 e. The van der Waals surface area contributed by atoms with Gasteiger partial charge in [0.25, 0.3) is 0 Å². The Morgan fingerprint density at radius 2 is 1.47 bits per heavy atom. The second kappa shape index (κ2) is 4.76. The third-order valence-corrected chi connectivity index (χ3v) is 7.16. The van der Waals surface area contributed by atoms with E-state index in [4.69, 9.17) is 0 Å². The van der Waals surface area contributed by atoms with Gasteiger partial charge in [0.15, 0.2) is 0 Å². The molecule has 0 aromatic heterocycles. The van der Waals surface area contributed by atoms with Crippen LogP contribution in [-0.2, 0) is 0 Å². The van der Waals surface area contributed by atoms with Crippen molar-refractivity contribution in [1.29, 1.82) is 0 Å². The van der Waals surface area contributed by atoms with Crippen LogP contribution in [0.2, 0.25) is 0 Å².